The first-order chi connectivity index (χ1) is 8.06. The number of methoxy groups -OCH3 is 1. The topological polar surface area (TPSA) is 63.9 Å². The molecule has 2 rings (SSSR count). The summed E-state index contributed by atoms with van der Waals surface area (Å²) in [4.78, 5) is 0. The van der Waals surface area contributed by atoms with Gasteiger partial charge in [0, 0.05) is 0 Å². The smallest absolute Gasteiger partial charge is 0.167 e. The number of anilines is 1. The summed E-state index contributed by atoms with van der Waals surface area (Å²) >= 11 is 5.58. The number of nitrogen functional groups attached to an aromatic ring is 1. The van der Waals surface area contributed by atoms with Crippen molar-refractivity contribution < 1.29 is 13.5 Å². The van der Waals surface area contributed by atoms with Gasteiger partial charge in [-0.15, -0.1) is 0 Å². The Morgan fingerprint density at radius 1 is 1.47 bits per heavy atom. The van der Waals surface area contributed by atoms with E-state index >= 15 is 0 Å². The lowest BCUT2D eigenvalue weighted by molar-refractivity contribution is 0.385. The van der Waals surface area contributed by atoms with Crippen molar-refractivity contribution >= 4 is 17.4 Å². The van der Waals surface area contributed by atoms with Crippen LogP contribution in [0.25, 0.3) is 11.1 Å². The van der Waals surface area contributed by atoms with E-state index in [0.29, 0.717) is 0 Å². The summed E-state index contributed by atoms with van der Waals surface area (Å²) in [5.74, 6) is -1.74. The maximum absolute atomic E-state index is 13.9. The Morgan fingerprint density at radius 2 is 2.18 bits per heavy atom. The minimum Gasteiger partial charge on any atom is -0.493 e. The van der Waals surface area contributed by atoms with Gasteiger partial charge in [0.05, 0.1) is 29.5 Å². The molecule has 0 radical (unpaired) electrons. The highest BCUT2D eigenvalue weighted by Crippen LogP contribution is 2.39. The molecule has 2 aromatic rings. The number of nitrogens with one attached hydrogen (secondary N) is 1. The molecule has 4 nitrogen and oxygen atoms in total. The number of aromatic amines is 1. The van der Waals surface area contributed by atoms with Crippen LogP contribution in [0.3, 0.4) is 0 Å². The summed E-state index contributed by atoms with van der Waals surface area (Å²) < 4.78 is 32.3. The molecule has 0 saturated heterocycles. The van der Waals surface area contributed by atoms with Gasteiger partial charge in [0.2, 0.25) is 0 Å². The SMILES string of the molecule is COc1c(F)cc(Cl)c(F)c1-c1cn[nH]c1N. The predicted octanol–water partition coefficient (Wildman–Crippen LogP) is 2.60. The van der Waals surface area contributed by atoms with E-state index in [9.17, 15) is 8.78 Å². The Labute approximate surface area is 100 Å². The van der Waals surface area contributed by atoms with Crippen molar-refractivity contribution in [2.24, 2.45) is 0 Å². The van der Waals surface area contributed by atoms with Gasteiger partial charge < -0.3 is 10.5 Å². The van der Waals surface area contributed by atoms with E-state index in [0.717, 1.165) is 6.07 Å². The van der Waals surface area contributed by atoms with E-state index in [4.69, 9.17) is 22.1 Å². The van der Waals surface area contributed by atoms with Crippen LogP contribution in [0.5, 0.6) is 5.75 Å². The standard InChI is InChI=1S/C10H8ClF2N3O/c1-17-9-6(12)2-5(11)8(13)7(9)4-3-15-16-10(4)14/h2-3H,1H3,(H3,14,15,16). The van der Waals surface area contributed by atoms with E-state index in [1.165, 1.54) is 13.3 Å². The van der Waals surface area contributed by atoms with Gasteiger partial charge in [0.1, 0.15) is 5.82 Å². The summed E-state index contributed by atoms with van der Waals surface area (Å²) in [6, 6.07) is 0.843. The van der Waals surface area contributed by atoms with E-state index in [2.05, 4.69) is 10.2 Å². The first-order valence-electron chi connectivity index (χ1n) is 4.57. The van der Waals surface area contributed by atoms with Crippen molar-refractivity contribution in [2.75, 3.05) is 12.8 Å². The largest absolute Gasteiger partial charge is 0.493 e. The summed E-state index contributed by atoms with van der Waals surface area (Å²) in [5, 5.41) is 5.71. The molecule has 1 heterocycles. The zero-order valence-corrected chi connectivity index (χ0v) is 9.48. The van der Waals surface area contributed by atoms with Gasteiger partial charge in [0.25, 0.3) is 0 Å². The molecular weight excluding hydrogens is 252 g/mol. The molecule has 0 bridgehead atoms. The number of hydrogen-bond donors (Lipinski definition) is 2. The second kappa shape index (κ2) is 4.21. The molecule has 90 valence electrons. The fraction of sp³-hybridized carbons (Fsp3) is 0.100. The number of H-pyrrole nitrogens is 1. The third kappa shape index (κ3) is 1.80. The van der Waals surface area contributed by atoms with Crippen molar-refractivity contribution in [3.63, 3.8) is 0 Å². The molecule has 1 aromatic heterocycles. The highest BCUT2D eigenvalue weighted by atomic mass is 35.5. The van der Waals surface area contributed by atoms with E-state index in [-0.39, 0.29) is 27.7 Å². The summed E-state index contributed by atoms with van der Waals surface area (Å²) in [6.45, 7) is 0. The lowest BCUT2D eigenvalue weighted by atomic mass is 10.1. The molecule has 0 fully saturated rings. The number of nitrogens with two attached hydrogens (primary N) is 1. The predicted molar refractivity (Wildman–Crippen MR) is 59.9 cm³/mol. The Bertz CT molecular complexity index is 571. The molecule has 0 aliphatic carbocycles. The first kappa shape index (κ1) is 11.7. The summed E-state index contributed by atoms with van der Waals surface area (Å²) in [6.07, 6.45) is 1.27. The van der Waals surface area contributed by atoms with Crippen molar-refractivity contribution in [1.82, 2.24) is 10.2 Å². The Hall–Kier alpha value is -1.82. The van der Waals surface area contributed by atoms with Gasteiger partial charge in [-0.1, -0.05) is 11.6 Å². The van der Waals surface area contributed by atoms with Crippen molar-refractivity contribution in [3.8, 4) is 16.9 Å². The van der Waals surface area contributed by atoms with Crippen LogP contribution < -0.4 is 10.5 Å². The van der Waals surface area contributed by atoms with Gasteiger partial charge >= 0.3 is 0 Å². The molecule has 17 heavy (non-hydrogen) atoms. The van der Waals surface area contributed by atoms with Crippen LogP contribution in [0.4, 0.5) is 14.6 Å². The van der Waals surface area contributed by atoms with Crippen LogP contribution in [0.1, 0.15) is 0 Å². The summed E-state index contributed by atoms with van der Waals surface area (Å²) in [7, 11) is 1.23. The van der Waals surface area contributed by atoms with Gasteiger partial charge in [-0.3, -0.25) is 5.10 Å². The van der Waals surface area contributed by atoms with Gasteiger partial charge in [0.15, 0.2) is 17.4 Å². The molecule has 0 unspecified atom stereocenters. The number of aromatic nitrogens is 2. The maximum atomic E-state index is 13.9. The average molecular weight is 260 g/mol. The number of hydrogen-bond acceptors (Lipinski definition) is 3. The minimum atomic E-state index is -0.807. The first-order valence-corrected chi connectivity index (χ1v) is 4.94. The van der Waals surface area contributed by atoms with E-state index in [1.807, 2.05) is 0 Å². The third-order valence-electron chi connectivity index (χ3n) is 2.27. The molecule has 1 aromatic carbocycles. The maximum Gasteiger partial charge on any atom is 0.167 e. The molecule has 0 atom stereocenters. The number of halogens is 3. The number of rotatable bonds is 2. The molecule has 0 aliphatic heterocycles. The molecule has 3 N–H and O–H groups in total. The molecule has 0 aliphatic rings. The van der Waals surface area contributed by atoms with Crippen LogP contribution in [-0.2, 0) is 0 Å². The van der Waals surface area contributed by atoms with Crippen LogP contribution in [-0.4, -0.2) is 17.3 Å². The van der Waals surface area contributed by atoms with Gasteiger partial charge in [-0.05, 0) is 6.07 Å². The van der Waals surface area contributed by atoms with Crippen LogP contribution in [0.2, 0.25) is 5.02 Å². The van der Waals surface area contributed by atoms with E-state index in [1.54, 1.807) is 0 Å². The Balaban J connectivity index is 2.80. The van der Waals surface area contributed by atoms with Crippen molar-refractivity contribution in [3.05, 3.63) is 28.9 Å². The summed E-state index contributed by atoms with van der Waals surface area (Å²) in [5.41, 5.74) is 5.61. The van der Waals surface area contributed by atoms with E-state index < -0.39 is 11.6 Å². The van der Waals surface area contributed by atoms with Crippen LogP contribution >= 0.6 is 11.6 Å². The highest BCUT2D eigenvalue weighted by molar-refractivity contribution is 6.31. The van der Waals surface area contributed by atoms with Crippen molar-refractivity contribution in [1.29, 1.82) is 0 Å². The average Bonchev–Trinajstić information content (AvgIpc) is 2.69. The van der Waals surface area contributed by atoms with Gasteiger partial charge in [-0.2, -0.15) is 5.10 Å². The molecule has 0 spiro atoms. The molecule has 0 saturated carbocycles. The molecular formula is C10H8ClF2N3O. The normalized spacial score (nSPS) is 10.6. The fourth-order valence-corrected chi connectivity index (χ4v) is 1.70. The third-order valence-corrected chi connectivity index (χ3v) is 2.54. The van der Waals surface area contributed by atoms with Gasteiger partial charge in [-0.25, -0.2) is 8.78 Å². The van der Waals surface area contributed by atoms with Crippen LogP contribution in [0, 0.1) is 11.6 Å². The fourth-order valence-electron chi connectivity index (χ4n) is 1.51. The minimum absolute atomic E-state index is 0.101. The second-order valence-corrected chi connectivity index (χ2v) is 3.67. The monoisotopic (exact) mass is 259 g/mol. The van der Waals surface area contributed by atoms with Crippen LogP contribution in [0.15, 0.2) is 12.3 Å². The molecule has 7 heteroatoms. The Morgan fingerprint density at radius 3 is 2.71 bits per heavy atom. The number of ether oxygens (including phenoxy) is 1. The lowest BCUT2D eigenvalue weighted by Gasteiger charge is -2.11. The Kier molecular flexibility index (Phi) is 2.89. The zero-order chi connectivity index (χ0) is 12.6. The zero-order valence-electron chi connectivity index (χ0n) is 8.72. The van der Waals surface area contributed by atoms with Crippen molar-refractivity contribution in [2.45, 2.75) is 0 Å². The quantitative estimate of drug-likeness (QED) is 0.815. The highest BCUT2D eigenvalue weighted by Gasteiger charge is 2.22. The lowest BCUT2D eigenvalue weighted by Crippen LogP contribution is -1.98. The second-order valence-electron chi connectivity index (χ2n) is 3.26. The number of benzene rings is 1. The number of nitrogens with zero attached hydrogens (tertiary/aromatic N) is 1. The molecule has 0 amide bonds.